The second kappa shape index (κ2) is 15.3. The molecule has 8 atom stereocenters. The highest BCUT2D eigenvalue weighted by atomic mass is 16.6. The van der Waals surface area contributed by atoms with E-state index in [1.54, 1.807) is 29.0 Å². The Morgan fingerprint density at radius 1 is 0.923 bits per heavy atom. The topological polar surface area (TPSA) is 129 Å². The highest BCUT2D eigenvalue weighted by molar-refractivity contribution is 5.99. The number of aliphatic hydroxyl groups is 1. The molecule has 2 aromatic rings. The third kappa shape index (κ3) is 6.57. The second-order valence-corrected chi connectivity index (χ2v) is 14.3. The summed E-state index contributed by atoms with van der Waals surface area (Å²) < 4.78 is 18.5. The summed E-state index contributed by atoms with van der Waals surface area (Å²) in [4.78, 5) is 65.1. The maximum atomic E-state index is 15.1. The van der Waals surface area contributed by atoms with E-state index >= 15 is 4.79 Å². The molecule has 0 aromatic heterocycles. The van der Waals surface area contributed by atoms with E-state index in [1.165, 1.54) is 4.90 Å². The summed E-state index contributed by atoms with van der Waals surface area (Å²) in [6, 6.07) is 15.9. The van der Waals surface area contributed by atoms with Gasteiger partial charge < -0.3 is 34.0 Å². The van der Waals surface area contributed by atoms with Crippen LogP contribution in [0.1, 0.15) is 43.0 Å². The van der Waals surface area contributed by atoms with E-state index in [0.29, 0.717) is 43.9 Å². The Bertz CT molecular complexity index is 1680. The molecule has 5 bridgehead atoms. The first-order chi connectivity index (χ1) is 25.2. The Balaban J connectivity index is 1.31. The molecule has 0 aliphatic carbocycles. The maximum absolute atomic E-state index is 15.1. The Labute approximate surface area is 304 Å². The van der Waals surface area contributed by atoms with Crippen molar-refractivity contribution in [1.29, 1.82) is 0 Å². The summed E-state index contributed by atoms with van der Waals surface area (Å²) in [5, 5.41) is 10.9. The number of carbonyl (C=O) groups excluding carboxylic acids is 4. The van der Waals surface area contributed by atoms with Crippen LogP contribution in [0.25, 0.3) is 0 Å². The summed E-state index contributed by atoms with van der Waals surface area (Å²) in [6.07, 6.45) is 6.41. The van der Waals surface area contributed by atoms with Crippen molar-refractivity contribution in [1.82, 2.24) is 19.6 Å². The number of ether oxygens (including phenoxy) is 3. The number of rotatable bonds is 7. The number of esters is 1. The van der Waals surface area contributed by atoms with Crippen LogP contribution in [0, 0.1) is 11.8 Å². The molecule has 0 saturated carbocycles. The number of morpholine rings is 1. The number of cyclic esters (lactones) is 1. The molecule has 5 heterocycles. The van der Waals surface area contributed by atoms with Crippen molar-refractivity contribution in [2.75, 3.05) is 59.6 Å². The molecular weight excluding hydrogens is 664 g/mol. The Hall–Kier alpha value is -4.36. The van der Waals surface area contributed by atoms with Crippen LogP contribution >= 0.6 is 0 Å². The number of likely N-dealkylation sites (N-methyl/N-ethyl adjacent to an activating group) is 1. The molecule has 1 spiro atoms. The maximum Gasteiger partial charge on any atom is 0.313 e. The van der Waals surface area contributed by atoms with E-state index < -0.39 is 66.3 Å². The van der Waals surface area contributed by atoms with Gasteiger partial charge in [0.15, 0.2) is 0 Å². The smallest absolute Gasteiger partial charge is 0.313 e. The number of amides is 3. The number of aliphatic hydroxyl groups excluding tert-OH is 1. The molecule has 2 aromatic carbocycles. The zero-order valence-corrected chi connectivity index (χ0v) is 29.8. The average Bonchev–Trinajstić information content (AvgIpc) is 3.82. The Kier molecular flexibility index (Phi) is 10.6. The Morgan fingerprint density at radius 3 is 2.35 bits per heavy atom. The van der Waals surface area contributed by atoms with E-state index in [0.717, 1.165) is 13.1 Å². The lowest BCUT2D eigenvalue weighted by atomic mass is 9.74. The van der Waals surface area contributed by atoms with Gasteiger partial charge in [0.05, 0.1) is 43.9 Å². The molecule has 5 aliphatic rings. The van der Waals surface area contributed by atoms with Crippen molar-refractivity contribution < 1.29 is 38.5 Å². The lowest BCUT2D eigenvalue weighted by Gasteiger charge is -2.39. The molecule has 52 heavy (non-hydrogen) atoms. The third-order valence-corrected chi connectivity index (χ3v) is 11.4. The summed E-state index contributed by atoms with van der Waals surface area (Å²) in [5.74, 6) is -3.65. The van der Waals surface area contributed by atoms with Gasteiger partial charge in [-0.3, -0.25) is 24.1 Å². The number of allylic oxidation sites excluding steroid dienone is 1. The van der Waals surface area contributed by atoms with Crippen LogP contribution in [0.2, 0.25) is 0 Å². The van der Waals surface area contributed by atoms with Gasteiger partial charge in [-0.05, 0) is 24.5 Å². The highest BCUT2D eigenvalue weighted by Gasteiger charge is 2.74. The number of nitrogens with zero attached hydrogens (tertiary/aromatic N) is 4. The van der Waals surface area contributed by atoms with Crippen molar-refractivity contribution in [3.8, 4) is 0 Å². The van der Waals surface area contributed by atoms with Crippen LogP contribution in [0.4, 0.5) is 0 Å². The molecule has 3 amide bonds. The van der Waals surface area contributed by atoms with Gasteiger partial charge in [-0.25, -0.2) is 0 Å². The van der Waals surface area contributed by atoms with Crippen LogP contribution in [0.3, 0.4) is 0 Å². The SMILES string of the molecule is C[C@H]1[C@H](c2ccccc2)OC(=O)[C@@H]2[C@H]3C(=O)N([C@H](CO)c4ccccc4)[C@H](C(=O)N(CCN4CCOCC4)C/C=C\CCC(=O)N1C)[C@]31C=C[C@H]2O1. The second-order valence-electron chi connectivity index (χ2n) is 14.3. The normalized spacial score (nSPS) is 32.6. The molecule has 0 radical (unpaired) electrons. The molecule has 12 heteroatoms. The minimum absolute atomic E-state index is 0.107. The van der Waals surface area contributed by atoms with Crippen molar-refractivity contribution in [3.05, 3.63) is 96.1 Å². The van der Waals surface area contributed by atoms with Crippen LogP contribution < -0.4 is 0 Å². The molecule has 3 saturated heterocycles. The largest absolute Gasteiger partial charge is 0.455 e. The van der Waals surface area contributed by atoms with Crippen molar-refractivity contribution in [2.24, 2.45) is 11.8 Å². The molecular formula is C40H48N4O8. The molecule has 7 rings (SSSR count). The predicted octanol–water partition coefficient (Wildman–Crippen LogP) is 2.51. The number of likely N-dealkylation sites (tertiary alicyclic amines) is 1. The number of carbonyl (C=O) groups is 4. The summed E-state index contributed by atoms with van der Waals surface area (Å²) in [7, 11) is 1.71. The monoisotopic (exact) mass is 712 g/mol. The van der Waals surface area contributed by atoms with E-state index in [2.05, 4.69) is 4.90 Å². The number of benzene rings is 2. The van der Waals surface area contributed by atoms with Crippen molar-refractivity contribution in [3.63, 3.8) is 0 Å². The lowest BCUT2D eigenvalue weighted by molar-refractivity contribution is -0.164. The van der Waals surface area contributed by atoms with Gasteiger partial charge in [-0.2, -0.15) is 0 Å². The fourth-order valence-corrected chi connectivity index (χ4v) is 8.50. The summed E-state index contributed by atoms with van der Waals surface area (Å²) in [6.45, 7) is 5.33. The standard InChI is InChI=1S/C40H48N4O8/c1-27-35(29-14-8-4-9-15-29)51-39(49)33-31-17-18-40(52-31)34(33)37(47)44(30(26-45)28-12-6-3-7-13-28)36(40)38(48)43(21-20-42-22-24-50-25-23-42)19-11-5-10-16-32(46)41(27)2/h3-9,11-15,17-18,27,30-31,33-36,45H,10,16,19-26H2,1-2H3/b11-5-/t27-,30+,31+,33-,34-,35+,36+,40-/m0/s1. The average molecular weight is 713 g/mol. The summed E-state index contributed by atoms with van der Waals surface area (Å²) in [5.41, 5.74) is -0.0825. The van der Waals surface area contributed by atoms with Gasteiger partial charge in [-0.15, -0.1) is 0 Å². The minimum Gasteiger partial charge on any atom is -0.455 e. The van der Waals surface area contributed by atoms with Crippen molar-refractivity contribution in [2.45, 2.75) is 55.7 Å². The first-order valence-electron chi connectivity index (χ1n) is 18.3. The quantitative estimate of drug-likeness (QED) is 0.340. The lowest BCUT2D eigenvalue weighted by Crippen LogP contribution is -2.57. The van der Waals surface area contributed by atoms with Crippen molar-refractivity contribution >= 4 is 23.7 Å². The predicted molar refractivity (Wildman–Crippen MR) is 190 cm³/mol. The third-order valence-electron chi connectivity index (χ3n) is 11.4. The number of hydrogen-bond donors (Lipinski definition) is 1. The van der Waals surface area contributed by atoms with Crippen LogP contribution in [0.5, 0.6) is 0 Å². The number of hydrogen-bond acceptors (Lipinski definition) is 9. The first-order valence-corrected chi connectivity index (χ1v) is 18.3. The van der Waals surface area contributed by atoms with Crippen LogP contribution in [-0.2, 0) is 33.4 Å². The fourth-order valence-electron chi connectivity index (χ4n) is 8.50. The van der Waals surface area contributed by atoms with E-state index in [4.69, 9.17) is 14.2 Å². The van der Waals surface area contributed by atoms with Crippen LogP contribution in [-0.4, -0.2) is 132 Å². The molecule has 276 valence electrons. The molecule has 12 nitrogen and oxygen atoms in total. The summed E-state index contributed by atoms with van der Waals surface area (Å²) >= 11 is 0. The zero-order chi connectivity index (χ0) is 36.4. The molecule has 3 fully saturated rings. The van der Waals surface area contributed by atoms with E-state index in [1.807, 2.05) is 79.7 Å². The molecule has 1 N–H and O–H groups in total. The first kappa shape index (κ1) is 36.0. The van der Waals surface area contributed by atoms with Gasteiger partial charge in [0.1, 0.15) is 23.7 Å². The van der Waals surface area contributed by atoms with Gasteiger partial charge >= 0.3 is 5.97 Å². The molecule has 5 aliphatic heterocycles. The van der Waals surface area contributed by atoms with Gasteiger partial charge in [0.2, 0.25) is 17.7 Å². The van der Waals surface area contributed by atoms with Crippen LogP contribution in [0.15, 0.2) is 85.0 Å². The van der Waals surface area contributed by atoms with Gasteiger partial charge in [-0.1, -0.05) is 85.0 Å². The molecule has 0 unspecified atom stereocenters. The fraction of sp³-hybridized carbons (Fsp3) is 0.500. The minimum atomic E-state index is -1.46. The van der Waals surface area contributed by atoms with E-state index in [9.17, 15) is 19.5 Å². The van der Waals surface area contributed by atoms with Gasteiger partial charge in [0.25, 0.3) is 0 Å². The van der Waals surface area contributed by atoms with E-state index in [-0.39, 0.29) is 24.8 Å². The van der Waals surface area contributed by atoms with Gasteiger partial charge in [0, 0.05) is 46.2 Å². The Morgan fingerprint density at radius 2 is 1.63 bits per heavy atom. The zero-order valence-electron chi connectivity index (χ0n) is 29.8. The highest BCUT2D eigenvalue weighted by Crippen LogP contribution is 2.57. The number of fused-ring (bicyclic) bond motifs is 2.